The Balaban J connectivity index is 1.86. The van der Waals surface area contributed by atoms with Gasteiger partial charge in [-0.3, -0.25) is 18.7 Å². The van der Waals surface area contributed by atoms with Crippen molar-refractivity contribution in [2.24, 2.45) is 14.1 Å². The first-order valence-corrected chi connectivity index (χ1v) is 9.89. The number of aromatic nitrogens is 4. The summed E-state index contributed by atoms with van der Waals surface area (Å²) in [4.78, 5) is 37.3. The van der Waals surface area contributed by atoms with Crippen molar-refractivity contribution in [3.05, 3.63) is 44.6 Å². The maximum Gasteiger partial charge on any atom is 0.332 e. The minimum absolute atomic E-state index is 0.130. The van der Waals surface area contributed by atoms with Crippen LogP contribution >= 0.6 is 11.8 Å². The summed E-state index contributed by atoms with van der Waals surface area (Å²) in [5.74, 6) is 0.528. The number of thioether (sulfide) groups is 1. The van der Waals surface area contributed by atoms with Gasteiger partial charge in [0.15, 0.2) is 17.3 Å². The lowest BCUT2D eigenvalue weighted by molar-refractivity contribution is 0.0991. The number of nitrogen functional groups attached to an aromatic ring is 1. The number of nitrogens with two attached hydrogens (primary N) is 1. The average Bonchev–Trinajstić information content (AvgIpc) is 3.24. The van der Waals surface area contributed by atoms with Gasteiger partial charge in [-0.1, -0.05) is 11.8 Å². The summed E-state index contributed by atoms with van der Waals surface area (Å²) in [6.45, 7) is 1.58. The predicted octanol–water partition coefficient (Wildman–Crippen LogP) is 1.10. The first-order valence-electron chi connectivity index (χ1n) is 9.01. The molecule has 2 aromatic heterocycles. The zero-order valence-electron chi connectivity index (χ0n) is 17.5. The van der Waals surface area contributed by atoms with Crippen LogP contribution in [0.4, 0.5) is 5.82 Å². The van der Waals surface area contributed by atoms with Crippen LogP contribution in [0, 0.1) is 0 Å². The number of ether oxygens (including phenoxy) is 2. The van der Waals surface area contributed by atoms with Crippen molar-refractivity contribution < 1.29 is 18.7 Å². The summed E-state index contributed by atoms with van der Waals surface area (Å²) >= 11 is 0.976. The Morgan fingerprint density at radius 3 is 2.45 bits per heavy atom. The average molecular weight is 447 g/mol. The number of anilines is 1. The largest absolute Gasteiger partial charge is 0.493 e. The second kappa shape index (κ2) is 8.68. The molecule has 2 heterocycles. The first-order chi connectivity index (χ1) is 14.7. The van der Waals surface area contributed by atoms with Gasteiger partial charge < -0.3 is 19.6 Å². The molecule has 0 aliphatic rings. The highest BCUT2D eigenvalue weighted by Gasteiger charge is 2.27. The number of carbonyl (C=O) groups is 1. The highest BCUT2D eigenvalue weighted by Crippen LogP contribution is 2.33. The molecule has 31 heavy (non-hydrogen) atoms. The van der Waals surface area contributed by atoms with Crippen molar-refractivity contribution >= 4 is 23.4 Å². The molecule has 0 bridgehead atoms. The second-order valence-corrected chi connectivity index (χ2v) is 7.83. The standard InChI is InChI=1S/C19H21N5O6S/c1-9(14(25)13-15(20)23(2)19(27)24(3)17(13)26)31-18-22-21-16(30-18)10-6-7-11(28-4)12(8-10)29-5/h6-9H,20H2,1-5H3/t9-/m0/s1. The molecule has 164 valence electrons. The fourth-order valence-corrected chi connectivity index (χ4v) is 3.59. The number of Topliss-reactive ketones (excluding diaryl/α,β-unsaturated/α-hetero) is 1. The number of carbonyl (C=O) groups excluding carboxylic acids is 1. The van der Waals surface area contributed by atoms with Gasteiger partial charge in [-0.25, -0.2) is 4.79 Å². The van der Waals surface area contributed by atoms with Crippen molar-refractivity contribution in [2.75, 3.05) is 20.0 Å². The number of ketones is 1. The van der Waals surface area contributed by atoms with E-state index >= 15 is 0 Å². The number of hydrogen-bond donors (Lipinski definition) is 1. The Hall–Kier alpha value is -3.54. The van der Waals surface area contributed by atoms with Gasteiger partial charge in [-0.05, 0) is 25.1 Å². The van der Waals surface area contributed by atoms with Crippen LogP contribution < -0.4 is 26.5 Å². The van der Waals surface area contributed by atoms with Crippen LogP contribution in [0.5, 0.6) is 11.5 Å². The number of methoxy groups -OCH3 is 2. The highest BCUT2D eigenvalue weighted by molar-refractivity contribution is 8.00. The van der Waals surface area contributed by atoms with Crippen molar-refractivity contribution in [3.8, 4) is 23.0 Å². The lowest BCUT2D eigenvalue weighted by Crippen LogP contribution is -2.42. The van der Waals surface area contributed by atoms with E-state index in [2.05, 4.69) is 10.2 Å². The Bertz CT molecular complexity index is 1260. The van der Waals surface area contributed by atoms with Gasteiger partial charge >= 0.3 is 5.69 Å². The third-order valence-electron chi connectivity index (χ3n) is 4.64. The minimum Gasteiger partial charge on any atom is -0.493 e. The SMILES string of the molecule is COc1ccc(-c2nnc(S[C@@H](C)C(=O)c3c(N)n(C)c(=O)n(C)c3=O)o2)cc1OC. The summed E-state index contributed by atoms with van der Waals surface area (Å²) in [6.07, 6.45) is 0. The van der Waals surface area contributed by atoms with Crippen LogP contribution in [0.2, 0.25) is 0 Å². The topological polar surface area (TPSA) is 144 Å². The molecular formula is C19H21N5O6S. The summed E-state index contributed by atoms with van der Waals surface area (Å²) in [6, 6.07) is 5.12. The third kappa shape index (κ3) is 4.06. The molecule has 0 spiro atoms. The summed E-state index contributed by atoms with van der Waals surface area (Å²) in [5.41, 5.74) is 4.84. The zero-order valence-corrected chi connectivity index (χ0v) is 18.3. The van der Waals surface area contributed by atoms with Crippen LogP contribution in [0.3, 0.4) is 0 Å². The van der Waals surface area contributed by atoms with Crippen LogP contribution in [0.25, 0.3) is 11.5 Å². The summed E-state index contributed by atoms with van der Waals surface area (Å²) in [5, 5.41) is 7.31. The van der Waals surface area contributed by atoms with Gasteiger partial charge in [0.1, 0.15) is 11.4 Å². The van der Waals surface area contributed by atoms with Gasteiger partial charge in [-0.15, -0.1) is 10.2 Å². The molecule has 0 saturated carbocycles. The molecular weight excluding hydrogens is 426 g/mol. The van der Waals surface area contributed by atoms with E-state index in [1.807, 2.05) is 0 Å². The molecule has 11 nitrogen and oxygen atoms in total. The van der Waals surface area contributed by atoms with E-state index in [9.17, 15) is 14.4 Å². The van der Waals surface area contributed by atoms with Gasteiger partial charge in [0.05, 0.1) is 19.5 Å². The number of nitrogens with zero attached hydrogens (tertiary/aromatic N) is 4. The monoisotopic (exact) mass is 447 g/mol. The van der Waals surface area contributed by atoms with Crippen LogP contribution in [0.1, 0.15) is 17.3 Å². The van der Waals surface area contributed by atoms with E-state index in [0.717, 1.165) is 20.9 Å². The Labute approximate surface area is 180 Å². The molecule has 0 aliphatic carbocycles. The second-order valence-electron chi connectivity index (χ2n) is 6.53. The van der Waals surface area contributed by atoms with E-state index in [1.54, 1.807) is 25.1 Å². The minimum atomic E-state index is -0.772. The molecule has 0 amide bonds. The van der Waals surface area contributed by atoms with E-state index in [1.165, 1.54) is 28.3 Å². The van der Waals surface area contributed by atoms with Gasteiger partial charge in [-0.2, -0.15) is 0 Å². The molecule has 1 aromatic carbocycles. The quantitative estimate of drug-likeness (QED) is 0.413. The van der Waals surface area contributed by atoms with E-state index < -0.39 is 22.3 Å². The number of hydrogen-bond acceptors (Lipinski definition) is 10. The van der Waals surface area contributed by atoms with Gasteiger partial charge in [0, 0.05) is 19.7 Å². The Morgan fingerprint density at radius 2 is 1.81 bits per heavy atom. The molecule has 2 N–H and O–H groups in total. The van der Waals surface area contributed by atoms with Gasteiger partial charge in [0.2, 0.25) is 5.89 Å². The van der Waals surface area contributed by atoms with E-state index in [4.69, 9.17) is 19.6 Å². The maximum absolute atomic E-state index is 12.9. The zero-order chi connectivity index (χ0) is 22.9. The van der Waals surface area contributed by atoms with E-state index in [0.29, 0.717) is 17.1 Å². The number of rotatable bonds is 7. The molecule has 0 aliphatic heterocycles. The van der Waals surface area contributed by atoms with Crippen LogP contribution in [0.15, 0.2) is 37.4 Å². The molecule has 0 fully saturated rings. The number of benzene rings is 1. The molecule has 0 unspecified atom stereocenters. The summed E-state index contributed by atoms with van der Waals surface area (Å²) in [7, 11) is 5.71. The van der Waals surface area contributed by atoms with Crippen molar-refractivity contribution in [1.29, 1.82) is 0 Å². The normalized spacial score (nSPS) is 11.9. The lowest BCUT2D eigenvalue weighted by Gasteiger charge is -2.13. The van der Waals surface area contributed by atoms with Crippen molar-refractivity contribution in [3.63, 3.8) is 0 Å². The molecule has 1 atom stereocenters. The summed E-state index contributed by atoms with van der Waals surface area (Å²) < 4.78 is 18.0. The lowest BCUT2D eigenvalue weighted by atomic mass is 10.1. The molecule has 0 radical (unpaired) electrons. The maximum atomic E-state index is 12.9. The molecule has 3 rings (SSSR count). The van der Waals surface area contributed by atoms with Gasteiger partial charge in [0.25, 0.3) is 10.8 Å². The fraction of sp³-hybridized carbons (Fsp3) is 0.316. The fourth-order valence-electron chi connectivity index (χ4n) is 2.84. The smallest absolute Gasteiger partial charge is 0.332 e. The molecule has 3 aromatic rings. The van der Waals surface area contributed by atoms with Crippen molar-refractivity contribution in [1.82, 2.24) is 19.3 Å². The van der Waals surface area contributed by atoms with Crippen molar-refractivity contribution in [2.45, 2.75) is 17.4 Å². The highest BCUT2D eigenvalue weighted by atomic mass is 32.2. The van der Waals surface area contributed by atoms with E-state index in [-0.39, 0.29) is 22.5 Å². The Kier molecular flexibility index (Phi) is 6.20. The predicted molar refractivity (Wildman–Crippen MR) is 114 cm³/mol. The molecule has 12 heteroatoms. The van der Waals surface area contributed by atoms with Crippen LogP contribution in [-0.4, -0.2) is 44.6 Å². The Morgan fingerprint density at radius 1 is 1.13 bits per heavy atom. The molecule has 0 saturated heterocycles. The van der Waals surface area contributed by atoms with Crippen LogP contribution in [-0.2, 0) is 14.1 Å². The third-order valence-corrected chi connectivity index (χ3v) is 5.57. The first kappa shape index (κ1) is 22.2.